The molecule has 1 aromatic rings. The number of ketones is 1. The van der Waals surface area contributed by atoms with Gasteiger partial charge in [-0.05, 0) is 251 Å². The number of allylic oxidation sites excluding steroid dienone is 10. The third-order valence-corrected chi connectivity index (χ3v) is 26.3. The van der Waals surface area contributed by atoms with Crippen LogP contribution in [0.4, 0.5) is 13.2 Å². The normalized spacial score (nSPS) is 46.3. The first-order valence-electron chi connectivity index (χ1n) is 30.3. The standard InChI is InChI=1S/C25H33N.C21H29F3O3S.C20H30O/c1-17-10-12-24(2)19(15-17)6-7-20-22-9-8-21(18-5-4-14-26-16-18)25(22,3)13-11-23(20)24;1-13-8-10-19(2)14(12-13)4-5-15-16-6-7-18(20(16,3)11-9-17(15)19)27-28(25,26)21(22,23)24;1-13-8-10-19(2)14(12-13)4-5-15-16-6-7-18(21)20(16,3)11-9-17(15)19/h4-6,8,14,16-17,20,22-23H,7,9-13,15H2,1-3H3;4,7,13,15-17H,5-6,8-12H2,1-3H3;4,13,15-17H,5-12H2,1-3H3/t17-,20?,22?,23?,24-,25+;2*13-,15?,16?,17?,19-,20-/m000/s1. The SMILES string of the molecule is C[C@H]1CC[C@@]2(C)C(=CCC3C2CC[C@]2(C)C(=O)CCC32)C1.C[C@H]1CC[C@@]2(C)C(=CCC3C2CC[C@]2(C)C(OS(=O)(=O)C(F)(F)F)=CCC32)C1.C[C@H]1CC[C@@]2(C)C(=CCC3C2CC[C@]2(C)C(c4cccnc4)=CCC32)C1. The summed E-state index contributed by atoms with van der Waals surface area (Å²) in [6.45, 7) is 21.5. The topological polar surface area (TPSA) is 73.3 Å². The van der Waals surface area contributed by atoms with E-state index >= 15 is 0 Å². The Morgan fingerprint density at radius 2 is 0.960 bits per heavy atom. The number of carbonyl (C=O) groups excluding carboxylic acids is 1. The Morgan fingerprint density at radius 1 is 0.533 bits per heavy atom. The van der Waals surface area contributed by atoms with Gasteiger partial charge in [-0.2, -0.15) is 21.6 Å². The zero-order valence-corrected chi connectivity index (χ0v) is 48.1. The molecule has 0 N–H and O–H groups in total. The number of carbonyl (C=O) groups is 1. The molecule has 0 bridgehead atoms. The largest absolute Gasteiger partial charge is 0.534 e. The summed E-state index contributed by atoms with van der Waals surface area (Å²) in [4.78, 5) is 16.8. The minimum atomic E-state index is -5.62. The maximum atomic E-state index is 12.8. The molecular formula is C66H92F3NO4S. The molecule has 13 rings (SSSR count). The molecule has 75 heavy (non-hydrogen) atoms. The van der Waals surface area contributed by atoms with Crippen molar-refractivity contribution in [3.8, 4) is 0 Å². The van der Waals surface area contributed by atoms with E-state index in [-0.39, 0.29) is 22.5 Å². The van der Waals surface area contributed by atoms with Crippen molar-refractivity contribution >= 4 is 21.5 Å². The van der Waals surface area contributed by atoms with Crippen LogP contribution in [0, 0.1) is 104 Å². The molecular weight excluding hydrogens is 960 g/mol. The highest BCUT2D eigenvalue weighted by molar-refractivity contribution is 7.87. The summed E-state index contributed by atoms with van der Waals surface area (Å²) in [5.74, 6) is 9.02. The fourth-order valence-electron chi connectivity index (χ4n) is 20.7. The molecule has 9 heteroatoms. The summed E-state index contributed by atoms with van der Waals surface area (Å²) in [6, 6.07) is 4.36. The molecule has 0 saturated heterocycles. The van der Waals surface area contributed by atoms with Gasteiger partial charge in [0.05, 0.1) is 0 Å². The Kier molecular flexibility index (Phi) is 13.8. The number of alkyl halides is 3. The molecule has 0 spiro atoms. The lowest BCUT2D eigenvalue weighted by Crippen LogP contribution is -2.50. The zero-order valence-electron chi connectivity index (χ0n) is 47.3. The van der Waals surface area contributed by atoms with E-state index in [1.54, 1.807) is 22.8 Å². The summed E-state index contributed by atoms with van der Waals surface area (Å²) in [7, 11) is -5.62. The molecule has 1 aromatic heterocycles. The number of rotatable bonds is 3. The van der Waals surface area contributed by atoms with Crippen molar-refractivity contribution in [1.82, 2.24) is 4.98 Å². The second-order valence-electron chi connectivity index (χ2n) is 29.0. The predicted molar refractivity (Wildman–Crippen MR) is 295 cm³/mol. The van der Waals surface area contributed by atoms with Gasteiger partial charge in [-0.25, -0.2) is 0 Å². The summed E-state index contributed by atoms with van der Waals surface area (Å²) in [5.41, 5.74) is 3.60. The molecule has 1 heterocycles. The van der Waals surface area contributed by atoms with Crippen molar-refractivity contribution in [3.63, 3.8) is 0 Å². The molecule has 412 valence electrons. The van der Waals surface area contributed by atoms with Crippen LogP contribution in [0.3, 0.4) is 0 Å². The number of nitrogens with zero attached hydrogens (tertiary/aromatic N) is 1. The van der Waals surface area contributed by atoms with Crippen molar-refractivity contribution in [3.05, 3.63) is 82.9 Å². The van der Waals surface area contributed by atoms with Gasteiger partial charge in [0.25, 0.3) is 0 Å². The van der Waals surface area contributed by atoms with Crippen LogP contribution in [0.15, 0.2) is 77.4 Å². The highest BCUT2D eigenvalue weighted by Gasteiger charge is 2.62. The monoisotopic (exact) mass is 1050 g/mol. The summed E-state index contributed by atoms with van der Waals surface area (Å²) in [6.07, 6.45) is 41.9. The Hall–Kier alpha value is -2.94. The van der Waals surface area contributed by atoms with Crippen molar-refractivity contribution in [2.75, 3.05) is 0 Å². The second-order valence-corrected chi connectivity index (χ2v) is 30.6. The number of hydrogen-bond donors (Lipinski definition) is 0. The predicted octanol–water partition coefficient (Wildman–Crippen LogP) is 17.8. The average molecular weight is 1050 g/mol. The van der Waals surface area contributed by atoms with E-state index in [1.165, 1.54) is 102 Å². The fraction of sp³-hybridized carbons (Fsp3) is 0.758. The summed E-state index contributed by atoms with van der Waals surface area (Å²) in [5, 5.41) is 0. The minimum Gasteiger partial charge on any atom is -0.380 e. The first-order chi connectivity index (χ1) is 35.4. The maximum absolute atomic E-state index is 12.8. The highest BCUT2D eigenvalue weighted by Crippen LogP contribution is 2.69. The Morgan fingerprint density at radius 3 is 1.44 bits per heavy atom. The van der Waals surface area contributed by atoms with Crippen molar-refractivity contribution in [2.24, 2.45) is 104 Å². The third-order valence-electron chi connectivity index (χ3n) is 25.3. The van der Waals surface area contributed by atoms with Crippen molar-refractivity contribution in [2.45, 2.75) is 209 Å². The third kappa shape index (κ3) is 8.73. The smallest absolute Gasteiger partial charge is 0.380 e. The van der Waals surface area contributed by atoms with E-state index < -0.39 is 21.0 Å². The van der Waals surface area contributed by atoms with E-state index in [9.17, 15) is 26.4 Å². The Labute approximate surface area is 450 Å². The van der Waals surface area contributed by atoms with Gasteiger partial charge in [0.15, 0.2) is 0 Å². The van der Waals surface area contributed by atoms with Crippen LogP contribution in [-0.4, -0.2) is 24.7 Å². The minimum absolute atomic E-state index is 0.00507. The first-order valence-corrected chi connectivity index (χ1v) is 31.7. The second kappa shape index (κ2) is 19.1. The molecule has 12 aliphatic carbocycles. The summed E-state index contributed by atoms with van der Waals surface area (Å²) >= 11 is 0. The van der Waals surface area contributed by atoms with Gasteiger partial charge in [0, 0.05) is 29.6 Å². The van der Waals surface area contributed by atoms with Gasteiger partial charge in [0.2, 0.25) is 0 Å². The number of Topliss-reactive ketones (excluding diaryl/α,β-unsaturated/α-hetero) is 1. The Balaban J connectivity index is 0.000000122. The molecule has 18 atom stereocenters. The molecule has 0 aromatic carbocycles. The zero-order chi connectivity index (χ0) is 53.3. The van der Waals surface area contributed by atoms with Gasteiger partial charge in [-0.3, -0.25) is 9.78 Å². The van der Waals surface area contributed by atoms with Crippen LogP contribution in [-0.2, 0) is 19.1 Å². The molecule has 0 radical (unpaired) electrons. The van der Waals surface area contributed by atoms with Crippen molar-refractivity contribution in [1.29, 1.82) is 0 Å². The van der Waals surface area contributed by atoms with Gasteiger partial charge in [0.1, 0.15) is 11.5 Å². The molecule has 9 unspecified atom stereocenters. The molecule has 7 saturated carbocycles. The molecule has 5 nitrogen and oxygen atoms in total. The van der Waals surface area contributed by atoms with E-state index in [1.807, 2.05) is 18.7 Å². The number of hydrogen-bond acceptors (Lipinski definition) is 5. The van der Waals surface area contributed by atoms with Gasteiger partial charge in [-0.1, -0.05) is 109 Å². The number of halogens is 3. The summed E-state index contributed by atoms with van der Waals surface area (Å²) < 4.78 is 66.3. The van der Waals surface area contributed by atoms with E-state index in [0.717, 1.165) is 73.5 Å². The number of aromatic nitrogens is 1. The molecule has 0 amide bonds. The number of pyridine rings is 1. The van der Waals surface area contributed by atoms with Gasteiger partial charge in [-0.15, -0.1) is 0 Å². The lowest BCUT2D eigenvalue weighted by atomic mass is 9.47. The lowest BCUT2D eigenvalue weighted by molar-refractivity contribution is -0.131. The van der Waals surface area contributed by atoms with Gasteiger partial charge >= 0.3 is 15.6 Å². The maximum Gasteiger partial charge on any atom is 0.534 e. The van der Waals surface area contributed by atoms with Crippen LogP contribution in [0.5, 0.6) is 0 Å². The molecule has 7 fully saturated rings. The van der Waals surface area contributed by atoms with Crippen LogP contribution in [0.1, 0.15) is 209 Å². The fourth-order valence-corrected chi connectivity index (χ4v) is 21.2. The number of fused-ring (bicyclic) bond motifs is 15. The quantitative estimate of drug-likeness (QED) is 0.171. The molecule has 0 aliphatic heterocycles. The molecule has 12 aliphatic rings. The van der Waals surface area contributed by atoms with Crippen LogP contribution in [0.25, 0.3) is 5.57 Å². The van der Waals surface area contributed by atoms with Crippen molar-refractivity contribution < 1.29 is 30.6 Å². The van der Waals surface area contributed by atoms with E-state index in [2.05, 4.69) is 107 Å². The lowest BCUT2D eigenvalue weighted by Gasteiger charge is -2.58. The van der Waals surface area contributed by atoms with Crippen LogP contribution >= 0.6 is 0 Å². The van der Waals surface area contributed by atoms with Gasteiger partial charge < -0.3 is 4.18 Å². The van der Waals surface area contributed by atoms with E-state index in [0.29, 0.717) is 58.5 Å². The first kappa shape index (κ1) is 54.0. The Bertz CT molecular complexity index is 2670. The van der Waals surface area contributed by atoms with Crippen LogP contribution < -0.4 is 0 Å². The average Bonchev–Trinajstić information content (AvgIpc) is 4.02. The van der Waals surface area contributed by atoms with Crippen LogP contribution in [0.2, 0.25) is 0 Å². The highest BCUT2D eigenvalue weighted by atomic mass is 32.2. The van der Waals surface area contributed by atoms with E-state index in [4.69, 9.17) is 0 Å².